The summed E-state index contributed by atoms with van der Waals surface area (Å²) in [7, 11) is 0. The van der Waals surface area contributed by atoms with Gasteiger partial charge in [0.15, 0.2) is 5.16 Å². The molecule has 5 heteroatoms. The van der Waals surface area contributed by atoms with Crippen molar-refractivity contribution in [3.8, 4) is 5.69 Å². The maximum Gasteiger partial charge on any atom is 0.233 e. The molecule has 1 amide bonds. The maximum atomic E-state index is 12.9. The summed E-state index contributed by atoms with van der Waals surface area (Å²) in [5.74, 6) is 0.672. The molecular weight excluding hydrogens is 354 g/mol. The van der Waals surface area contributed by atoms with Crippen LogP contribution in [0, 0.1) is 0 Å². The van der Waals surface area contributed by atoms with Crippen molar-refractivity contribution in [3.05, 3.63) is 54.6 Å². The van der Waals surface area contributed by atoms with Gasteiger partial charge in [-0.05, 0) is 49.9 Å². The average Bonchev–Trinajstić information content (AvgIpc) is 3.11. The second kappa shape index (κ2) is 8.17. The van der Waals surface area contributed by atoms with Gasteiger partial charge in [-0.15, -0.1) is 0 Å². The van der Waals surface area contributed by atoms with Crippen LogP contribution in [0.1, 0.15) is 32.6 Å². The third-order valence-electron chi connectivity index (χ3n) is 5.29. The van der Waals surface area contributed by atoms with Crippen LogP contribution in [-0.2, 0) is 4.79 Å². The normalized spacial score (nSPS) is 17.4. The van der Waals surface area contributed by atoms with Crippen LogP contribution in [0.5, 0.6) is 0 Å². The lowest BCUT2D eigenvalue weighted by molar-refractivity contribution is -0.132. The smallest absolute Gasteiger partial charge is 0.233 e. The monoisotopic (exact) mass is 379 g/mol. The van der Waals surface area contributed by atoms with Crippen molar-refractivity contribution < 1.29 is 4.79 Å². The highest BCUT2D eigenvalue weighted by molar-refractivity contribution is 7.99. The molecule has 1 atom stereocenters. The molecule has 0 saturated carbocycles. The summed E-state index contributed by atoms with van der Waals surface area (Å²) in [6.07, 6.45) is 4.53. The van der Waals surface area contributed by atoms with E-state index in [-0.39, 0.29) is 5.91 Å². The van der Waals surface area contributed by atoms with E-state index < -0.39 is 0 Å². The number of likely N-dealkylation sites (tertiary alicyclic amines) is 1. The number of amides is 1. The SMILES string of the molecule is CC[C@@H]1CCCCN1C(=O)CSc1nc2ccccc2n1-c1ccccc1. The quantitative estimate of drug-likeness (QED) is 0.591. The summed E-state index contributed by atoms with van der Waals surface area (Å²) in [5, 5.41) is 0.876. The first-order valence-electron chi connectivity index (χ1n) is 9.73. The van der Waals surface area contributed by atoms with E-state index in [4.69, 9.17) is 4.98 Å². The van der Waals surface area contributed by atoms with E-state index in [9.17, 15) is 4.79 Å². The molecule has 4 rings (SSSR count). The number of piperidine rings is 1. The molecular formula is C22H25N3OS. The third kappa shape index (κ3) is 3.74. The highest BCUT2D eigenvalue weighted by Gasteiger charge is 2.25. The number of thioether (sulfide) groups is 1. The van der Waals surface area contributed by atoms with Crippen LogP contribution in [0.2, 0.25) is 0 Å². The van der Waals surface area contributed by atoms with Crippen molar-refractivity contribution >= 4 is 28.7 Å². The van der Waals surface area contributed by atoms with Gasteiger partial charge in [-0.3, -0.25) is 9.36 Å². The Labute approximate surface area is 164 Å². The fourth-order valence-corrected chi connectivity index (χ4v) is 4.80. The van der Waals surface area contributed by atoms with Crippen molar-refractivity contribution in [2.45, 2.75) is 43.8 Å². The molecule has 0 radical (unpaired) electrons. The van der Waals surface area contributed by atoms with Crippen molar-refractivity contribution in [3.63, 3.8) is 0 Å². The second-order valence-corrected chi connectivity index (χ2v) is 7.93. The van der Waals surface area contributed by atoms with E-state index in [1.807, 2.05) is 36.4 Å². The Morgan fingerprint density at radius 2 is 1.89 bits per heavy atom. The number of imidazole rings is 1. The molecule has 4 nitrogen and oxygen atoms in total. The van der Waals surface area contributed by atoms with Gasteiger partial charge >= 0.3 is 0 Å². The molecule has 0 spiro atoms. The lowest BCUT2D eigenvalue weighted by Crippen LogP contribution is -2.44. The average molecular weight is 380 g/mol. The number of nitrogens with zero attached hydrogens (tertiary/aromatic N) is 3. The number of hydrogen-bond acceptors (Lipinski definition) is 3. The lowest BCUT2D eigenvalue weighted by atomic mass is 10.0. The van der Waals surface area contributed by atoms with Gasteiger partial charge in [-0.1, -0.05) is 49.0 Å². The largest absolute Gasteiger partial charge is 0.339 e. The molecule has 3 aromatic rings. The molecule has 2 aromatic carbocycles. The fraction of sp³-hybridized carbons (Fsp3) is 0.364. The van der Waals surface area contributed by atoms with Crippen molar-refractivity contribution in [1.82, 2.24) is 14.5 Å². The van der Waals surface area contributed by atoms with Gasteiger partial charge < -0.3 is 4.90 Å². The van der Waals surface area contributed by atoms with Crippen molar-refractivity contribution in [1.29, 1.82) is 0 Å². The lowest BCUT2D eigenvalue weighted by Gasteiger charge is -2.35. The Morgan fingerprint density at radius 1 is 1.11 bits per heavy atom. The van der Waals surface area contributed by atoms with Crippen molar-refractivity contribution in [2.75, 3.05) is 12.3 Å². The molecule has 1 saturated heterocycles. The zero-order valence-electron chi connectivity index (χ0n) is 15.7. The van der Waals surface area contributed by atoms with Gasteiger partial charge in [-0.2, -0.15) is 0 Å². The summed E-state index contributed by atoms with van der Waals surface area (Å²) < 4.78 is 2.15. The van der Waals surface area contributed by atoms with Gasteiger partial charge in [0.2, 0.25) is 5.91 Å². The Hall–Kier alpha value is -2.27. The zero-order chi connectivity index (χ0) is 18.6. The number of carbonyl (C=O) groups is 1. The summed E-state index contributed by atoms with van der Waals surface area (Å²) in [4.78, 5) is 19.8. The van der Waals surface area contributed by atoms with Gasteiger partial charge in [-0.25, -0.2) is 4.98 Å². The number of para-hydroxylation sites is 3. The summed E-state index contributed by atoms with van der Waals surface area (Å²) >= 11 is 1.54. The van der Waals surface area contributed by atoms with Crippen LogP contribution >= 0.6 is 11.8 Å². The predicted molar refractivity (Wildman–Crippen MR) is 111 cm³/mol. The molecule has 0 bridgehead atoms. The number of aromatic nitrogens is 2. The summed E-state index contributed by atoms with van der Waals surface area (Å²) in [5.41, 5.74) is 3.11. The molecule has 0 unspecified atom stereocenters. The Bertz CT molecular complexity index is 922. The number of carbonyl (C=O) groups excluding carboxylic acids is 1. The van der Waals surface area contributed by atoms with Crippen LogP contribution in [0.3, 0.4) is 0 Å². The van der Waals surface area contributed by atoms with Gasteiger partial charge in [0, 0.05) is 18.3 Å². The standard InChI is InChI=1S/C22H25N3OS/c1-2-17-10-8-9-15-24(17)21(26)16-27-22-23-19-13-6-7-14-20(19)25(22)18-11-4-3-5-12-18/h3-7,11-14,17H,2,8-10,15-16H2,1H3/t17-/m1/s1. The molecule has 1 fully saturated rings. The molecule has 140 valence electrons. The van der Waals surface area contributed by atoms with Gasteiger partial charge in [0.25, 0.3) is 0 Å². The van der Waals surface area contributed by atoms with Crippen molar-refractivity contribution in [2.24, 2.45) is 0 Å². The second-order valence-electron chi connectivity index (χ2n) is 6.99. The number of hydrogen-bond donors (Lipinski definition) is 0. The number of rotatable bonds is 5. The highest BCUT2D eigenvalue weighted by atomic mass is 32.2. The van der Waals surface area contributed by atoms with Crippen LogP contribution in [-0.4, -0.2) is 38.7 Å². The first kappa shape index (κ1) is 18.1. The maximum absolute atomic E-state index is 12.9. The molecule has 0 aliphatic carbocycles. The fourth-order valence-electron chi connectivity index (χ4n) is 3.89. The molecule has 2 heterocycles. The first-order valence-corrected chi connectivity index (χ1v) is 10.7. The summed E-state index contributed by atoms with van der Waals surface area (Å²) in [6.45, 7) is 3.07. The topological polar surface area (TPSA) is 38.1 Å². The molecule has 0 N–H and O–H groups in total. The van der Waals surface area contributed by atoms with Crippen LogP contribution < -0.4 is 0 Å². The number of fused-ring (bicyclic) bond motifs is 1. The molecule has 1 aliphatic heterocycles. The zero-order valence-corrected chi connectivity index (χ0v) is 16.5. The van der Waals surface area contributed by atoms with Gasteiger partial charge in [0.05, 0.1) is 16.8 Å². The Kier molecular flexibility index (Phi) is 5.48. The Balaban J connectivity index is 1.60. The van der Waals surface area contributed by atoms with E-state index in [1.165, 1.54) is 6.42 Å². The van der Waals surface area contributed by atoms with E-state index in [1.54, 1.807) is 11.8 Å². The van der Waals surface area contributed by atoms with Crippen LogP contribution in [0.4, 0.5) is 0 Å². The predicted octanol–water partition coefficient (Wildman–Crippen LogP) is 4.91. The minimum atomic E-state index is 0.234. The van der Waals surface area contributed by atoms with Crippen LogP contribution in [0.15, 0.2) is 59.8 Å². The minimum Gasteiger partial charge on any atom is -0.339 e. The van der Waals surface area contributed by atoms with E-state index in [2.05, 4.69) is 34.6 Å². The third-order valence-corrected chi connectivity index (χ3v) is 6.21. The summed E-state index contributed by atoms with van der Waals surface area (Å²) in [6, 6.07) is 18.8. The van der Waals surface area contributed by atoms with Gasteiger partial charge in [0.1, 0.15) is 0 Å². The molecule has 1 aromatic heterocycles. The Morgan fingerprint density at radius 3 is 2.70 bits per heavy atom. The first-order chi connectivity index (χ1) is 13.3. The van der Waals surface area contributed by atoms with E-state index >= 15 is 0 Å². The molecule has 1 aliphatic rings. The van der Waals surface area contributed by atoms with Crippen LogP contribution in [0.25, 0.3) is 16.7 Å². The highest BCUT2D eigenvalue weighted by Crippen LogP contribution is 2.29. The minimum absolute atomic E-state index is 0.234. The van der Waals surface area contributed by atoms with E-state index in [0.29, 0.717) is 11.8 Å². The molecule has 27 heavy (non-hydrogen) atoms. The van der Waals surface area contributed by atoms with E-state index in [0.717, 1.165) is 47.7 Å². The number of benzene rings is 2.